The minimum Gasteiger partial charge on any atom is -0.478 e. The molecule has 0 radical (unpaired) electrons. The zero-order valence-corrected chi connectivity index (χ0v) is 10.5. The third kappa shape index (κ3) is 2.18. The van der Waals surface area contributed by atoms with E-state index in [2.05, 4.69) is 15.9 Å². The molecule has 2 rings (SSSR count). The second-order valence-corrected chi connectivity index (χ2v) is 4.71. The van der Waals surface area contributed by atoms with Gasteiger partial charge < -0.3 is 15.7 Å². The average molecular weight is 299 g/mol. The zero-order valence-electron chi connectivity index (χ0n) is 8.89. The molecule has 1 aromatic carbocycles. The predicted molar refractivity (Wildman–Crippen MR) is 66.0 cm³/mol. The van der Waals surface area contributed by atoms with E-state index in [4.69, 9.17) is 10.8 Å². The van der Waals surface area contributed by atoms with E-state index in [0.717, 1.165) is 0 Å². The molecule has 0 aromatic heterocycles. The van der Waals surface area contributed by atoms with Crippen molar-refractivity contribution in [2.45, 2.75) is 12.5 Å². The molecule has 6 heteroatoms. The molecule has 90 valence electrons. The SMILES string of the molecule is NC1CC(=O)N(c2cccc(C(=O)O)c2Br)C1. The summed E-state index contributed by atoms with van der Waals surface area (Å²) in [7, 11) is 0. The molecule has 0 bridgehead atoms. The Morgan fingerprint density at radius 1 is 1.53 bits per heavy atom. The van der Waals surface area contributed by atoms with Crippen LogP contribution >= 0.6 is 15.9 Å². The van der Waals surface area contributed by atoms with Crippen LogP contribution in [0.2, 0.25) is 0 Å². The van der Waals surface area contributed by atoms with Crippen LogP contribution in [0.1, 0.15) is 16.8 Å². The van der Waals surface area contributed by atoms with Crippen molar-refractivity contribution in [3.8, 4) is 0 Å². The number of amides is 1. The fraction of sp³-hybridized carbons (Fsp3) is 0.273. The van der Waals surface area contributed by atoms with Gasteiger partial charge in [0.05, 0.1) is 15.7 Å². The molecule has 3 N–H and O–H groups in total. The zero-order chi connectivity index (χ0) is 12.6. The summed E-state index contributed by atoms with van der Waals surface area (Å²) in [5.41, 5.74) is 6.40. The fourth-order valence-corrected chi connectivity index (χ4v) is 2.51. The number of anilines is 1. The first-order valence-corrected chi connectivity index (χ1v) is 5.87. The Labute approximate surface area is 106 Å². The average Bonchev–Trinajstić information content (AvgIpc) is 2.57. The lowest BCUT2D eigenvalue weighted by molar-refractivity contribution is -0.117. The maximum Gasteiger partial charge on any atom is 0.336 e. The van der Waals surface area contributed by atoms with Gasteiger partial charge >= 0.3 is 5.97 Å². The van der Waals surface area contributed by atoms with E-state index in [1.165, 1.54) is 11.0 Å². The number of rotatable bonds is 2. The van der Waals surface area contributed by atoms with Crippen molar-refractivity contribution in [2.24, 2.45) is 5.73 Å². The molecule has 1 atom stereocenters. The quantitative estimate of drug-likeness (QED) is 0.860. The van der Waals surface area contributed by atoms with E-state index in [1.807, 2.05) is 0 Å². The molecular weight excluding hydrogens is 288 g/mol. The third-order valence-electron chi connectivity index (χ3n) is 2.65. The number of halogens is 1. The lowest BCUT2D eigenvalue weighted by Crippen LogP contribution is -2.28. The van der Waals surface area contributed by atoms with Crippen molar-refractivity contribution in [1.29, 1.82) is 0 Å². The maximum absolute atomic E-state index is 11.7. The number of benzene rings is 1. The summed E-state index contributed by atoms with van der Waals surface area (Å²) in [5.74, 6) is -1.12. The number of hydrogen-bond acceptors (Lipinski definition) is 3. The Morgan fingerprint density at radius 3 is 2.76 bits per heavy atom. The third-order valence-corrected chi connectivity index (χ3v) is 3.49. The molecule has 1 aliphatic heterocycles. The molecule has 1 aliphatic rings. The van der Waals surface area contributed by atoms with E-state index in [1.54, 1.807) is 12.1 Å². The van der Waals surface area contributed by atoms with Crippen LogP contribution in [-0.4, -0.2) is 29.6 Å². The van der Waals surface area contributed by atoms with Crippen molar-refractivity contribution >= 4 is 33.5 Å². The highest BCUT2D eigenvalue weighted by molar-refractivity contribution is 9.10. The van der Waals surface area contributed by atoms with Gasteiger partial charge in [0.25, 0.3) is 0 Å². The highest BCUT2D eigenvalue weighted by atomic mass is 79.9. The molecule has 1 fully saturated rings. The molecule has 0 aliphatic carbocycles. The monoisotopic (exact) mass is 298 g/mol. The van der Waals surface area contributed by atoms with Crippen LogP contribution < -0.4 is 10.6 Å². The standard InChI is InChI=1S/C11H11BrN2O3/c12-10-7(11(16)17)2-1-3-8(10)14-5-6(13)4-9(14)15/h1-3,6H,4-5,13H2,(H,16,17). The number of carbonyl (C=O) groups excluding carboxylic acids is 1. The molecule has 1 amide bonds. The van der Waals surface area contributed by atoms with E-state index >= 15 is 0 Å². The predicted octanol–water partition coefficient (Wildman–Crippen LogP) is 1.21. The summed E-state index contributed by atoms with van der Waals surface area (Å²) in [6, 6.07) is 4.60. The van der Waals surface area contributed by atoms with Gasteiger partial charge in [-0.2, -0.15) is 0 Å². The number of aromatic carboxylic acids is 1. The number of carboxylic acids is 1. The van der Waals surface area contributed by atoms with Gasteiger partial charge in [-0.1, -0.05) is 6.07 Å². The first-order chi connectivity index (χ1) is 8.00. The van der Waals surface area contributed by atoms with Gasteiger partial charge in [0.2, 0.25) is 5.91 Å². The number of nitrogens with zero attached hydrogens (tertiary/aromatic N) is 1. The topological polar surface area (TPSA) is 83.6 Å². The van der Waals surface area contributed by atoms with Gasteiger partial charge in [0, 0.05) is 19.0 Å². The molecule has 0 spiro atoms. The summed E-state index contributed by atoms with van der Waals surface area (Å²) in [6.07, 6.45) is 0.295. The van der Waals surface area contributed by atoms with Gasteiger partial charge in [0.1, 0.15) is 0 Å². The molecule has 1 unspecified atom stereocenters. The van der Waals surface area contributed by atoms with Gasteiger partial charge in [-0.15, -0.1) is 0 Å². The summed E-state index contributed by atoms with van der Waals surface area (Å²) in [6.45, 7) is 0.417. The summed E-state index contributed by atoms with van der Waals surface area (Å²) in [5, 5.41) is 8.99. The Morgan fingerprint density at radius 2 is 2.24 bits per heavy atom. The largest absolute Gasteiger partial charge is 0.478 e. The van der Waals surface area contributed by atoms with Crippen LogP contribution in [0.15, 0.2) is 22.7 Å². The summed E-state index contributed by atoms with van der Waals surface area (Å²) in [4.78, 5) is 24.2. The molecule has 1 saturated heterocycles. The second kappa shape index (κ2) is 4.46. The van der Waals surface area contributed by atoms with Gasteiger partial charge in [0.15, 0.2) is 0 Å². The van der Waals surface area contributed by atoms with Crippen molar-refractivity contribution in [3.63, 3.8) is 0 Å². The van der Waals surface area contributed by atoms with Gasteiger partial charge in [-0.05, 0) is 28.1 Å². The van der Waals surface area contributed by atoms with Crippen LogP contribution in [0, 0.1) is 0 Å². The van der Waals surface area contributed by atoms with E-state index in [9.17, 15) is 9.59 Å². The highest BCUT2D eigenvalue weighted by Gasteiger charge is 2.30. The Balaban J connectivity index is 2.43. The van der Waals surface area contributed by atoms with Crippen LogP contribution in [0.25, 0.3) is 0 Å². The van der Waals surface area contributed by atoms with E-state index in [0.29, 0.717) is 23.1 Å². The van der Waals surface area contributed by atoms with Crippen molar-refractivity contribution < 1.29 is 14.7 Å². The van der Waals surface area contributed by atoms with Crippen molar-refractivity contribution in [2.75, 3.05) is 11.4 Å². The Hall–Kier alpha value is -1.40. The smallest absolute Gasteiger partial charge is 0.336 e. The van der Waals surface area contributed by atoms with Crippen LogP contribution in [0.4, 0.5) is 5.69 Å². The highest BCUT2D eigenvalue weighted by Crippen LogP contribution is 2.32. The van der Waals surface area contributed by atoms with Gasteiger partial charge in [-0.25, -0.2) is 4.79 Å². The molecule has 1 heterocycles. The molecule has 17 heavy (non-hydrogen) atoms. The molecule has 0 saturated carbocycles. The van der Waals surface area contributed by atoms with Crippen LogP contribution in [-0.2, 0) is 4.79 Å². The summed E-state index contributed by atoms with van der Waals surface area (Å²) < 4.78 is 0.412. The second-order valence-electron chi connectivity index (χ2n) is 3.91. The van der Waals surface area contributed by atoms with Crippen molar-refractivity contribution in [3.05, 3.63) is 28.2 Å². The maximum atomic E-state index is 11.7. The van der Waals surface area contributed by atoms with Crippen molar-refractivity contribution in [1.82, 2.24) is 0 Å². The lowest BCUT2D eigenvalue weighted by Gasteiger charge is -2.18. The lowest BCUT2D eigenvalue weighted by atomic mass is 10.2. The normalized spacial score (nSPS) is 19.8. The Bertz CT molecular complexity index is 490. The Kier molecular flexibility index (Phi) is 3.17. The van der Waals surface area contributed by atoms with Crippen LogP contribution in [0.5, 0.6) is 0 Å². The number of carboxylic acid groups (broad SMARTS) is 1. The molecule has 1 aromatic rings. The first kappa shape index (κ1) is 12.1. The van der Waals surface area contributed by atoms with Crippen LogP contribution in [0.3, 0.4) is 0 Å². The first-order valence-electron chi connectivity index (χ1n) is 5.08. The summed E-state index contributed by atoms with van der Waals surface area (Å²) >= 11 is 3.22. The fourth-order valence-electron chi connectivity index (χ4n) is 1.86. The molecule has 5 nitrogen and oxygen atoms in total. The molecular formula is C11H11BrN2O3. The van der Waals surface area contributed by atoms with E-state index in [-0.39, 0.29) is 17.5 Å². The van der Waals surface area contributed by atoms with Gasteiger partial charge in [-0.3, -0.25) is 4.79 Å². The number of hydrogen-bond donors (Lipinski definition) is 2. The number of carbonyl (C=O) groups is 2. The minimum atomic E-state index is -1.03. The number of nitrogens with two attached hydrogens (primary N) is 1. The minimum absolute atomic E-state index is 0.0826. The van der Waals surface area contributed by atoms with E-state index < -0.39 is 5.97 Å².